The number of furan rings is 1. The molecule has 0 aliphatic carbocycles. The lowest BCUT2D eigenvalue weighted by molar-refractivity contribution is -0.137. The van der Waals surface area contributed by atoms with E-state index in [2.05, 4.69) is 10.3 Å². The van der Waals surface area contributed by atoms with Crippen LogP contribution in [-0.4, -0.2) is 34.9 Å². The third-order valence-corrected chi connectivity index (χ3v) is 3.88. The molecule has 2 aromatic rings. The molecule has 1 aliphatic heterocycles. The summed E-state index contributed by atoms with van der Waals surface area (Å²) < 4.78 is 43.4. The van der Waals surface area contributed by atoms with E-state index in [0.717, 1.165) is 31.2 Å². The van der Waals surface area contributed by atoms with Gasteiger partial charge < -0.3 is 14.6 Å². The Bertz CT molecular complexity index is 701. The normalized spacial score (nSPS) is 18.5. The largest absolute Gasteiger partial charge is 0.459 e. The second kappa shape index (κ2) is 6.54. The molecule has 0 radical (unpaired) electrons. The molecule has 2 aromatic heterocycles. The molecule has 1 aliphatic rings. The standard InChI is InChI=1S/C16H16F3N3O2/c17-16(18,19)11-5-6-20-14(9-11)21-12-3-1-7-22(10-12)15(23)13-4-2-8-24-13/h2,4-6,8-9,12H,1,3,7,10H2,(H,20,21). The van der Waals surface area contributed by atoms with Gasteiger partial charge in [-0.1, -0.05) is 0 Å². The van der Waals surface area contributed by atoms with Crippen LogP contribution in [0.25, 0.3) is 0 Å². The van der Waals surface area contributed by atoms with Gasteiger partial charge in [-0.3, -0.25) is 4.79 Å². The lowest BCUT2D eigenvalue weighted by Crippen LogP contribution is -2.45. The maximum absolute atomic E-state index is 12.8. The fourth-order valence-corrected chi connectivity index (χ4v) is 2.73. The number of halogens is 3. The summed E-state index contributed by atoms with van der Waals surface area (Å²) in [5.41, 5.74) is -0.751. The zero-order valence-electron chi connectivity index (χ0n) is 12.7. The molecule has 5 nitrogen and oxygen atoms in total. The van der Waals surface area contributed by atoms with Crippen LogP contribution in [0.2, 0.25) is 0 Å². The van der Waals surface area contributed by atoms with Gasteiger partial charge >= 0.3 is 6.18 Å². The summed E-state index contributed by atoms with van der Waals surface area (Å²) in [6, 6.07) is 4.98. The van der Waals surface area contributed by atoms with E-state index in [-0.39, 0.29) is 23.5 Å². The minimum absolute atomic E-state index is 0.155. The van der Waals surface area contributed by atoms with Crippen LogP contribution in [0.4, 0.5) is 19.0 Å². The van der Waals surface area contributed by atoms with Crippen LogP contribution in [0.15, 0.2) is 41.1 Å². The maximum Gasteiger partial charge on any atom is 0.416 e. The van der Waals surface area contributed by atoms with Crippen molar-refractivity contribution >= 4 is 11.7 Å². The summed E-state index contributed by atoms with van der Waals surface area (Å²) in [4.78, 5) is 17.9. The maximum atomic E-state index is 12.8. The van der Waals surface area contributed by atoms with Crippen molar-refractivity contribution < 1.29 is 22.4 Å². The number of likely N-dealkylation sites (tertiary alicyclic amines) is 1. The molecule has 8 heteroatoms. The molecular formula is C16H16F3N3O2. The molecule has 1 fully saturated rings. The van der Waals surface area contributed by atoms with Gasteiger partial charge in [0.15, 0.2) is 5.76 Å². The van der Waals surface area contributed by atoms with Crippen LogP contribution < -0.4 is 5.32 Å². The minimum atomic E-state index is -4.41. The van der Waals surface area contributed by atoms with E-state index < -0.39 is 11.7 Å². The molecule has 0 saturated carbocycles. The number of nitrogens with one attached hydrogen (secondary N) is 1. The number of hydrogen-bond acceptors (Lipinski definition) is 4. The zero-order chi connectivity index (χ0) is 17.2. The van der Waals surface area contributed by atoms with Crippen LogP contribution in [0, 0.1) is 0 Å². The van der Waals surface area contributed by atoms with Crippen molar-refractivity contribution in [1.29, 1.82) is 0 Å². The van der Waals surface area contributed by atoms with Crippen molar-refractivity contribution in [1.82, 2.24) is 9.88 Å². The summed E-state index contributed by atoms with van der Waals surface area (Å²) in [6.45, 7) is 0.977. The van der Waals surface area contributed by atoms with E-state index in [1.165, 1.54) is 6.26 Å². The molecule has 3 rings (SSSR count). The minimum Gasteiger partial charge on any atom is -0.459 e. The van der Waals surface area contributed by atoms with Crippen molar-refractivity contribution in [3.63, 3.8) is 0 Å². The lowest BCUT2D eigenvalue weighted by Gasteiger charge is -2.33. The van der Waals surface area contributed by atoms with Crippen molar-refractivity contribution in [2.24, 2.45) is 0 Å². The lowest BCUT2D eigenvalue weighted by atomic mass is 10.1. The van der Waals surface area contributed by atoms with Gasteiger partial charge in [-0.2, -0.15) is 13.2 Å². The molecule has 3 heterocycles. The smallest absolute Gasteiger partial charge is 0.416 e. The Kier molecular flexibility index (Phi) is 4.46. The van der Waals surface area contributed by atoms with Gasteiger partial charge in [0.25, 0.3) is 5.91 Å². The molecule has 24 heavy (non-hydrogen) atoms. The monoisotopic (exact) mass is 339 g/mol. The number of alkyl halides is 3. The molecular weight excluding hydrogens is 323 g/mol. The van der Waals surface area contributed by atoms with E-state index >= 15 is 0 Å². The van der Waals surface area contributed by atoms with Gasteiger partial charge in [0.1, 0.15) is 5.82 Å². The molecule has 1 saturated heterocycles. The number of pyridine rings is 1. The van der Waals surface area contributed by atoms with Gasteiger partial charge in [0.2, 0.25) is 0 Å². The molecule has 0 spiro atoms. The number of aromatic nitrogens is 1. The molecule has 1 amide bonds. The SMILES string of the molecule is O=C(c1ccco1)N1CCCC(Nc2cc(C(F)(F)F)ccn2)C1. The average Bonchev–Trinajstić information content (AvgIpc) is 3.08. The van der Waals surface area contributed by atoms with Crippen molar-refractivity contribution in [2.45, 2.75) is 25.1 Å². The number of piperidine rings is 1. The van der Waals surface area contributed by atoms with E-state index in [1.54, 1.807) is 17.0 Å². The second-order valence-corrected chi connectivity index (χ2v) is 5.64. The van der Waals surface area contributed by atoms with E-state index in [4.69, 9.17) is 4.42 Å². The highest BCUT2D eigenvalue weighted by molar-refractivity contribution is 5.91. The third-order valence-electron chi connectivity index (χ3n) is 3.88. The molecule has 1 N–H and O–H groups in total. The Balaban J connectivity index is 1.67. The van der Waals surface area contributed by atoms with Crippen LogP contribution in [0.1, 0.15) is 29.0 Å². The van der Waals surface area contributed by atoms with Crippen LogP contribution in [0.3, 0.4) is 0 Å². The number of rotatable bonds is 3. The zero-order valence-corrected chi connectivity index (χ0v) is 12.7. The summed E-state index contributed by atoms with van der Waals surface area (Å²) in [7, 11) is 0. The Hall–Kier alpha value is -2.51. The molecule has 1 atom stereocenters. The van der Waals surface area contributed by atoms with Crippen molar-refractivity contribution in [2.75, 3.05) is 18.4 Å². The Morgan fingerprint density at radius 3 is 2.92 bits per heavy atom. The quantitative estimate of drug-likeness (QED) is 0.931. The Labute approximate surface area is 136 Å². The number of hydrogen-bond donors (Lipinski definition) is 1. The first kappa shape index (κ1) is 16.4. The molecule has 0 bridgehead atoms. The Morgan fingerprint density at radius 1 is 1.38 bits per heavy atom. The fraction of sp³-hybridized carbons (Fsp3) is 0.375. The second-order valence-electron chi connectivity index (χ2n) is 5.64. The van der Waals surface area contributed by atoms with Crippen molar-refractivity contribution in [3.05, 3.63) is 48.0 Å². The first-order valence-electron chi connectivity index (χ1n) is 7.56. The topological polar surface area (TPSA) is 58.4 Å². The van der Waals surface area contributed by atoms with Crippen LogP contribution in [-0.2, 0) is 6.18 Å². The van der Waals surface area contributed by atoms with E-state index in [1.807, 2.05) is 0 Å². The molecule has 0 aromatic carbocycles. The number of carbonyl (C=O) groups is 1. The van der Waals surface area contributed by atoms with Gasteiger partial charge in [0, 0.05) is 25.3 Å². The number of nitrogens with zero attached hydrogens (tertiary/aromatic N) is 2. The number of amides is 1. The molecule has 128 valence electrons. The first-order valence-corrected chi connectivity index (χ1v) is 7.56. The predicted octanol–water partition coefficient (Wildman–Crippen LogP) is 3.41. The van der Waals surface area contributed by atoms with E-state index in [0.29, 0.717) is 13.1 Å². The number of carbonyl (C=O) groups excluding carboxylic acids is 1. The number of anilines is 1. The van der Waals surface area contributed by atoms with Crippen LogP contribution >= 0.6 is 0 Å². The first-order chi connectivity index (χ1) is 11.4. The predicted molar refractivity (Wildman–Crippen MR) is 80.5 cm³/mol. The third kappa shape index (κ3) is 3.69. The van der Waals surface area contributed by atoms with Gasteiger partial charge in [-0.05, 0) is 37.1 Å². The Morgan fingerprint density at radius 2 is 2.21 bits per heavy atom. The highest BCUT2D eigenvalue weighted by Crippen LogP contribution is 2.30. The van der Waals surface area contributed by atoms with Crippen LogP contribution in [0.5, 0.6) is 0 Å². The molecule has 1 unspecified atom stereocenters. The van der Waals surface area contributed by atoms with Gasteiger partial charge in [-0.15, -0.1) is 0 Å². The van der Waals surface area contributed by atoms with Gasteiger partial charge in [0.05, 0.1) is 11.8 Å². The van der Waals surface area contributed by atoms with E-state index in [9.17, 15) is 18.0 Å². The summed E-state index contributed by atoms with van der Waals surface area (Å²) in [6.07, 6.45) is -0.352. The highest BCUT2D eigenvalue weighted by Gasteiger charge is 2.31. The average molecular weight is 339 g/mol. The highest BCUT2D eigenvalue weighted by atomic mass is 19.4. The summed E-state index contributed by atoms with van der Waals surface area (Å²) in [5, 5.41) is 2.99. The van der Waals surface area contributed by atoms with Crippen molar-refractivity contribution in [3.8, 4) is 0 Å². The summed E-state index contributed by atoms with van der Waals surface area (Å²) >= 11 is 0. The summed E-state index contributed by atoms with van der Waals surface area (Å²) in [5.74, 6) is 0.193. The fourth-order valence-electron chi connectivity index (χ4n) is 2.73. The van der Waals surface area contributed by atoms with Gasteiger partial charge in [-0.25, -0.2) is 4.98 Å².